The monoisotopic (exact) mass is 420 g/mol. The van der Waals surface area contributed by atoms with Crippen LogP contribution in [-0.2, 0) is 22.9 Å². The minimum absolute atomic E-state index is 0.0735. The Balaban J connectivity index is 1.63. The molecule has 0 aliphatic carbocycles. The van der Waals surface area contributed by atoms with Gasteiger partial charge in [-0.3, -0.25) is 9.52 Å². The number of aryl methyl sites for hydroxylation is 2. The summed E-state index contributed by atoms with van der Waals surface area (Å²) in [5.41, 5.74) is 4.74. The van der Waals surface area contributed by atoms with Crippen LogP contribution in [0.25, 0.3) is 0 Å². The minimum atomic E-state index is -3.73. The van der Waals surface area contributed by atoms with Gasteiger partial charge < -0.3 is 4.90 Å². The molecule has 1 N–H and O–H groups in total. The molecule has 0 atom stereocenters. The van der Waals surface area contributed by atoms with Crippen molar-refractivity contribution in [3.8, 4) is 0 Å². The molecule has 5 nitrogen and oxygen atoms in total. The first-order valence-corrected chi connectivity index (χ1v) is 11.5. The molecule has 3 aromatic carbocycles. The summed E-state index contributed by atoms with van der Waals surface area (Å²) < 4.78 is 28.9. The van der Waals surface area contributed by atoms with E-state index >= 15 is 0 Å². The number of anilines is 2. The predicted molar refractivity (Wildman–Crippen MR) is 120 cm³/mol. The Labute approximate surface area is 177 Å². The number of rotatable bonds is 5. The van der Waals surface area contributed by atoms with Gasteiger partial charge in [0, 0.05) is 17.8 Å². The van der Waals surface area contributed by atoms with E-state index in [4.69, 9.17) is 0 Å². The Morgan fingerprint density at radius 3 is 2.53 bits per heavy atom. The highest BCUT2D eigenvalue weighted by Crippen LogP contribution is 2.32. The van der Waals surface area contributed by atoms with E-state index < -0.39 is 10.0 Å². The molecule has 6 heteroatoms. The molecule has 1 amide bonds. The smallest absolute Gasteiger partial charge is 0.261 e. The van der Waals surface area contributed by atoms with Crippen LogP contribution in [0, 0.1) is 6.92 Å². The number of fused-ring (bicyclic) bond motifs is 1. The topological polar surface area (TPSA) is 66.5 Å². The lowest BCUT2D eigenvalue weighted by Crippen LogP contribution is -2.28. The van der Waals surface area contributed by atoms with E-state index in [0.717, 1.165) is 28.8 Å². The molecule has 0 unspecified atom stereocenters. The van der Waals surface area contributed by atoms with Crippen molar-refractivity contribution in [3.63, 3.8) is 0 Å². The molecule has 0 bridgehead atoms. The molecule has 154 valence electrons. The first-order chi connectivity index (χ1) is 14.4. The van der Waals surface area contributed by atoms with Gasteiger partial charge in [0.2, 0.25) is 0 Å². The number of sulfonamides is 1. The van der Waals surface area contributed by atoms with Crippen LogP contribution in [0.4, 0.5) is 11.4 Å². The third-order valence-electron chi connectivity index (χ3n) is 5.50. The third-order valence-corrected chi connectivity index (χ3v) is 6.85. The average Bonchev–Trinajstić information content (AvgIpc) is 3.18. The number of nitrogens with one attached hydrogen (secondary N) is 1. The highest BCUT2D eigenvalue weighted by atomic mass is 32.2. The molecular formula is C24H24N2O3S. The maximum absolute atomic E-state index is 13.1. The van der Waals surface area contributed by atoms with Gasteiger partial charge in [0.05, 0.1) is 10.6 Å². The summed E-state index contributed by atoms with van der Waals surface area (Å²) in [5, 5.41) is 0. The first-order valence-electron chi connectivity index (χ1n) is 10.0. The molecule has 0 fully saturated rings. The van der Waals surface area contributed by atoms with E-state index in [1.165, 1.54) is 0 Å². The second-order valence-corrected chi connectivity index (χ2v) is 9.11. The van der Waals surface area contributed by atoms with Gasteiger partial charge in [-0.15, -0.1) is 0 Å². The standard InChI is InChI=1S/C24H24N2O3S/c1-3-18-11-7-8-17(2)23(18)25-30(28,29)21-12-13-22-20(16-21)14-15-26(22)24(27)19-9-5-4-6-10-19/h4-13,16,25H,3,14-15H2,1-2H3. The van der Waals surface area contributed by atoms with Gasteiger partial charge in [-0.1, -0.05) is 43.3 Å². The van der Waals surface area contributed by atoms with Crippen LogP contribution >= 0.6 is 0 Å². The van der Waals surface area contributed by atoms with Gasteiger partial charge >= 0.3 is 0 Å². The van der Waals surface area contributed by atoms with E-state index in [2.05, 4.69) is 4.72 Å². The zero-order valence-corrected chi connectivity index (χ0v) is 17.9. The summed E-state index contributed by atoms with van der Waals surface area (Å²) in [6.07, 6.45) is 1.36. The zero-order valence-electron chi connectivity index (χ0n) is 17.1. The van der Waals surface area contributed by atoms with Crippen molar-refractivity contribution in [1.82, 2.24) is 0 Å². The largest absolute Gasteiger partial charge is 0.308 e. The van der Waals surface area contributed by atoms with Gasteiger partial charge in [-0.25, -0.2) is 8.42 Å². The lowest BCUT2D eigenvalue weighted by molar-refractivity contribution is 0.0989. The highest BCUT2D eigenvalue weighted by molar-refractivity contribution is 7.92. The van der Waals surface area contributed by atoms with E-state index in [1.54, 1.807) is 35.2 Å². The Hall–Kier alpha value is -3.12. The molecule has 4 rings (SSSR count). The number of benzene rings is 3. The maximum Gasteiger partial charge on any atom is 0.261 e. The fraction of sp³-hybridized carbons (Fsp3) is 0.208. The summed E-state index contributed by atoms with van der Waals surface area (Å²) in [6, 6.07) is 19.9. The molecule has 0 saturated carbocycles. The molecule has 0 aromatic heterocycles. The molecule has 3 aromatic rings. The Bertz CT molecular complexity index is 1200. The zero-order chi connectivity index (χ0) is 21.3. The fourth-order valence-corrected chi connectivity index (χ4v) is 5.08. The van der Waals surface area contributed by atoms with Crippen LogP contribution in [-0.4, -0.2) is 20.9 Å². The van der Waals surface area contributed by atoms with Crippen LogP contribution < -0.4 is 9.62 Å². The summed E-state index contributed by atoms with van der Waals surface area (Å²) in [5.74, 6) is -0.0735. The molecule has 30 heavy (non-hydrogen) atoms. The number of carbonyl (C=O) groups excluding carboxylic acids is 1. The average molecular weight is 421 g/mol. The van der Waals surface area contributed by atoms with Gasteiger partial charge in [-0.2, -0.15) is 0 Å². The van der Waals surface area contributed by atoms with Gasteiger partial charge in [-0.05, 0) is 66.8 Å². The molecule has 1 aliphatic heterocycles. The second-order valence-electron chi connectivity index (χ2n) is 7.43. The Morgan fingerprint density at radius 2 is 1.80 bits per heavy atom. The number of hydrogen-bond donors (Lipinski definition) is 1. The van der Waals surface area contributed by atoms with Gasteiger partial charge in [0.15, 0.2) is 0 Å². The van der Waals surface area contributed by atoms with Crippen molar-refractivity contribution in [1.29, 1.82) is 0 Å². The number of para-hydroxylation sites is 1. The molecule has 1 aliphatic rings. The van der Waals surface area contributed by atoms with Crippen LogP contribution in [0.1, 0.15) is 34.0 Å². The highest BCUT2D eigenvalue weighted by Gasteiger charge is 2.27. The normalized spacial score (nSPS) is 13.2. The predicted octanol–water partition coefficient (Wildman–Crippen LogP) is 4.56. The molecule has 0 radical (unpaired) electrons. The van der Waals surface area contributed by atoms with Crippen molar-refractivity contribution in [3.05, 3.63) is 89.0 Å². The summed E-state index contributed by atoms with van der Waals surface area (Å²) in [6.45, 7) is 4.44. The molecule has 0 spiro atoms. The number of nitrogens with zero attached hydrogens (tertiary/aromatic N) is 1. The number of amides is 1. The minimum Gasteiger partial charge on any atom is -0.308 e. The maximum atomic E-state index is 13.1. The molecular weight excluding hydrogens is 396 g/mol. The molecule has 0 saturated heterocycles. The van der Waals surface area contributed by atoms with Gasteiger partial charge in [0.25, 0.3) is 15.9 Å². The summed E-state index contributed by atoms with van der Waals surface area (Å²) >= 11 is 0. The lowest BCUT2D eigenvalue weighted by atomic mass is 10.1. The van der Waals surface area contributed by atoms with E-state index in [1.807, 2.05) is 50.2 Å². The second kappa shape index (κ2) is 7.95. The summed E-state index contributed by atoms with van der Waals surface area (Å²) in [7, 11) is -3.73. The van der Waals surface area contributed by atoms with Crippen molar-refractivity contribution < 1.29 is 13.2 Å². The van der Waals surface area contributed by atoms with E-state index in [-0.39, 0.29) is 10.8 Å². The van der Waals surface area contributed by atoms with Crippen molar-refractivity contribution in [2.45, 2.75) is 31.6 Å². The van der Waals surface area contributed by atoms with Crippen molar-refractivity contribution >= 4 is 27.3 Å². The number of hydrogen-bond acceptors (Lipinski definition) is 3. The van der Waals surface area contributed by atoms with Crippen LogP contribution in [0.5, 0.6) is 0 Å². The van der Waals surface area contributed by atoms with E-state index in [0.29, 0.717) is 24.2 Å². The van der Waals surface area contributed by atoms with Crippen molar-refractivity contribution in [2.75, 3.05) is 16.2 Å². The Kier molecular flexibility index (Phi) is 5.35. The van der Waals surface area contributed by atoms with Crippen LogP contribution in [0.3, 0.4) is 0 Å². The Morgan fingerprint density at radius 1 is 1.03 bits per heavy atom. The van der Waals surface area contributed by atoms with Crippen molar-refractivity contribution in [2.24, 2.45) is 0 Å². The third kappa shape index (κ3) is 3.71. The lowest BCUT2D eigenvalue weighted by Gasteiger charge is -2.18. The SMILES string of the molecule is CCc1cccc(C)c1NS(=O)(=O)c1ccc2c(c1)CCN2C(=O)c1ccccc1. The van der Waals surface area contributed by atoms with Crippen LogP contribution in [0.15, 0.2) is 71.6 Å². The fourth-order valence-electron chi connectivity index (χ4n) is 3.86. The van der Waals surface area contributed by atoms with Crippen LogP contribution in [0.2, 0.25) is 0 Å². The van der Waals surface area contributed by atoms with E-state index in [9.17, 15) is 13.2 Å². The van der Waals surface area contributed by atoms with Gasteiger partial charge in [0.1, 0.15) is 0 Å². The first kappa shape index (κ1) is 20.2. The molecule has 1 heterocycles. The quantitative estimate of drug-likeness (QED) is 0.658. The number of carbonyl (C=O) groups is 1. The summed E-state index contributed by atoms with van der Waals surface area (Å²) in [4.78, 5) is 14.8.